The molecule has 4 N–H and O–H groups in total. The summed E-state index contributed by atoms with van der Waals surface area (Å²) in [6.45, 7) is 4.69. The Morgan fingerprint density at radius 1 is 0.536 bits per heavy atom. The molecule has 0 heterocycles. The number of carboxylic acid groups (broad SMARTS) is 1. The molecule has 0 aliphatic carbocycles. The van der Waals surface area contributed by atoms with Gasteiger partial charge in [0, 0.05) is 12.8 Å². The van der Waals surface area contributed by atoms with Crippen LogP contribution in [0.3, 0.4) is 0 Å². The zero-order valence-electron chi connectivity index (χ0n) is 35.2. The van der Waals surface area contributed by atoms with Crippen molar-refractivity contribution in [2.24, 2.45) is 5.73 Å². The fourth-order valence-corrected chi connectivity index (χ4v) is 5.62. The van der Waals surface area contributed by atoms with Crippen LogP contribution in [-0.4, -0.2) is 41.6 Å². The van der Waals surface area contributed by atoms with E-state index in [1.165, 1.54) is 0 Å². The molecule has 0 saturated heterocycles. The number of unbranched alkanes of at least 4 members (excludes halogenated alkanes) is 7. The zero-order valence-corrected chi connectivity index (χ0v) is 35.2. The average molecular weight is 775 g/mol. The van der Waals surface area contributed by atoms with Crippen LogP contribution in [0.2, 0.25) is 0 Å². The van der Waals surface area contributed by atoms with Gasteiger partial charge in [0.15, 0.2) is 0 Å². The lowest BCUT2D eigenvalue weighted by atomic mass is 10.0. The van der Waals surface area contributed by atoms with Gasteiger partial charge >= 0.3 is 11.9 Å². The Balaban J connectivity index is 4.36. The number of aliphatic carboxylic acids is 1. The van der Waals surface area contributed by atoms with Crippen LogP contribution < -0.4 is 11.1 Å². The van der Waals surface area contributed by atoms with Gasteiger partial charge in [0.05, 0.1) is 0 Å². The molecule has 0 bridgehead atoms. The van der Waals surface area contributed by atoms with Gasteiger partial charge in [-0.15, -0.1) is 0 Å². The minimum atomic E-state index is -1.02. The van der Waals surface area contributed by atoms with Gasteiger partial charge in [-0.05, 0) is 122 Å². The van der Waals surface area contributed by atoms with Crippen LogP contribution in [0.1, 0.15) is 162 Å². The van der Waals surface area contributed by atoms with Crippen molar-refractivity contribution in [2.75, 3.05) is 6.54 Å². The van der Waals surface area contributed by atoms with E-state index in [4.69, 9.17) is 10.5 Å². The normalized spacial score (nSPS) is 13.8. The van der Waals surface area contributed by atoms with Crippen LogP contribution in [0.5, 0.6) is 0 Å². The van der Waals surface area contributed by atoms with Crippen molar-refractivity contribution in [1.82, 2.24) is 5.32 Å². The van der Waals surface area contributed by atoms with Crippen LogP contribution in [0.25, 0.3) is 0 Å². The molecule has 0 rings (SSSR count). The monoisotopic (exact) mass is 775 g/mol. The van der Waals surface area contributed by atoms with Gasteiger partial charge in [-0.2, -0.15) is 0 Å². The number of ether oxygens (including phenoxy) is 1. The molecule has 56 heavy (non-hydrogen) atoms. The molecule has 0 aliphatic rings. The minimum Gasteiger partial charge on any atom is -0.480 e. The Bertz CT molecular complexity index is 1240. The number of esters is 1. The predicted octanol–water partition coefficient (Wildman–Crippen LogP) is 12.4. The van der Waals surface area contributed by atoms with E-state index in [0.29, 0.717) is 32.2 Å². The molecule has 0 aliphatic heterocycles. The number of allylic oxidation sites excluding steroid dienone is 17. The number of carbonyl (C=O) groups excluding carboxylic acids is 2. The molecule has 2 atom stereocenters. The van der Waals surface area contributed by atoms with E-state index in [0.717, 1.165) is 122 Å². The molecular formula is C49H78N2O5. The molecule has 0 aromatic carbocycles. The van der Waals surface area contributed by atoms with E-state index in [9.17, 15) is 19.5 Å². The Hall–Kier alpha value is -3.97. The van der Waals surface area contributed by atoms with Crippen LogP contribution in [0.15, 0.2) is 109 Å². The van der Waals surface area contributed by atoms with Gasteiger partial charge < -0.3 is 20.9 Å². The molecule has 0 spiro atoms. The van der Waals surface area contributed by atoms with Crippen molar-refractivity contribution in [1.29, 1.82) is 0 Å². The minimum absolute atomic E-state index is 0.130. The number of nitrogens with one attached hydrogen (secondary N) is 1. The highest BCUT2D eigenvalue weighted by Crippen LogP contribution is 2.14. The van der Waals surface area contributed by atoms with Crippen LogP contribution in [-0.2, 0) is 19.1 Å². The predicted molar refractivity (Wildman–Crippen MR) is 238 cm³/mol. The third-order valence-corrected chi connectivity index (χ3v) is 8.82. The summed E-state index contributed by atoms with van der Waals surface area (Å²) >= 11 is 0. The third kappa shape index (κ3) is 38.3. The van der Waals surface area contributed by atoms with Gasteiger partial charge in [-0.25, -0.2) is 4.79 Å². The first-order valence-electron chi connectivity index (χ1n) is 21.7. The highest BCUT2D eigenvalue weighted by Gasteiger charge is 2.18. The molecular weight excluding hydrogens is 697 g/mol. The van der Waals surface area contributed by atoms with Gasteiger partial charge in [0.2, 0.25) is 5.91 Å². The van der Waals surface area contributed by atoms with Gasteiger partial charge in [0.25, 0.3) is 0 Å². The van der Waals surface area contributed by atoms with Gasteiger partial charge in [-0.3, -0.25) is 9.59 Å². The molecule has 1 amide bonds. The van der Waals surface area contributed by atoms with Crippen molar-refractivity contribution in [3.63, 3.8) is 0 Å². The summed E-state index contributed by atoms with van der Waals surface area (Å²) in [5.74, 6) is -1.36. The Kier molecular flexibility index (Phi) is 39.2. The second kappa shape index (κ2) is 42.2. The van der Waals surface area contributed by atoms with Crippen molar-refractivity contribution >= 4 is 17.8 Å². The maximum Gasteiger partial charge on any atom is 0.326 e. The second-order valence-electron chi connectivity index (χ2n) is 14.0. The van der Waals surface area contributed by atoms with Crippen molar-refractivity contribution < 1.29 is 24.2 Å². The third-order valence-electron chi connectivity index (χ3n) is 8.82. The molecule has 7 heteroatoms. The van der Waals surface area contributed by atoms with Crippen LogP contribution in [0.4, 0.5) is 0 Å². The highest BCUT2D eigenvalue weighted by atomic mass is 16.5. The fourth-order valence-electron chi connectivity index (χ4n) is 5.62. The quantitative estimate of drug-likeness (QED) is 0.0328. The number of hydrogen-bond acceptors (Lipinski definition) is 5. The number of hydrogen-bond donors (Lipinski definition) is 3. The van der Waals surface area contributed by atoms with Crippen LogP contribution >= 0.6 is 0 Å². The summed E-state index contributed by atoms with van der Waals surface area (Å²) in [6, 6.07) is -0.866. The average Bonchev–Trinajstić information content (AvgIpc) is 3.18. The lowest BCUT2D eigenvalue weighted by molar-refractivity contribution is -0.147. The zero-order chi connectivity index (χ0) is 41.0. The first-order chi connectivity index (χ1) is 27.4. The summed E-state index contributed by atoms with van der Waals surface area (Å²) in [4.78, 5) is 36.2. The first kappa shape index (κ1) is 52.0. The Morgan fingerprint density at radius 3 is 1.48 bits per heavy atom. The topological polar surface area (TPSA) is 119 Å². The highest BCUT2D eigenvalue weighted by molar-refractivity contribution is 5.83. The van der Waals surface area contributed by atoms with Gasteiger partial charge in [-0.1, -0.05) is 143 Å². The van der Waals surface area contributed by atoms with E-state index >= 15 is 0 Å². The molecule has 0 aromatic heterocycles. The second-order valence-corrected chi connectivity index (χ2v) is 14.0. The Morgan fingerprint density at radius 2 is 0.982 bits per heavy atom. The number of rotatable bonds is 37. The summed E-state index contributed by atoms with van der Waals surface area (Å²) in [7, 11) is 0. The van der Waals surface area contributed by atoms with Crippen molar-refractivity contribution in [2.45, 2.75) is 174 Å². The fraction of sp³-hybridized carbons (Fsp3) is 0.571. The molecule has 7 nitrogen and oxygen atoms in total. The number of carbonyl (C=O) groups is 3. The smallest absolute Gasteiger partial charge is 0.326 e. The maximum atomic E-state index is 12.7. The van der Waals surface area contributed by atoms with E-state index in [2.05, 4.69) is 122 Å². The molecule has 0 aromatic rings. The lowest BCUT2D eigenvalue weighted by Gasteiger charge is -2.15. The van der Waals surface area contributed by atoms with E-state index < -0.39 is 12.0 Å². The SMILES string of the molecule is CC/C=C\C/C=C\C/C=C\C/C=C\C/C=C\C/C=C\CCCCC(=O)OC(/C=C\C/C=C\C/C=C\CC)CCCCCCCCC(=O)NC(CCCN)C(=O)O. The number of amides is 1. The van der Waals surface area contributed by atoms with E-state index in [-0.39, 0.29) is 18.0 Å². The standard InChI is InChI=1S/C49H78N2O5/c1-3-5-7-9-11-13-14-15-16-17-18-19-20-21-22-23-24-25-27-33-37-43-48(53)56-45(39-34-30-26-12-10-8-6-4-2)40-35-31-28-29-32-36-42-47(52)51-46(49(54)55)41-38-44-50/h5-8,11-13,15-16,18-19,21-22,24-26,34,39,45-46H,3-4,9-10,14,17,20,23,27-33,35-38,40-44,50H2,1-2H3,(H,51,52)(H,54,55)/b7-5-,8-6-,13-11-,16-15-,19-18-,22-21-,25-24-,26-12-,39-34-. The maximum absolute atomic E-state index is 12.7. The number of carboxylic acids is 1. The summed E-state index contributed by atoms with van der Waals surface area (Å²) < 4.78 is 5.90. The summed E-state index contributed by atoms with van der Waals surface area (Å²) in [6.07, 6.45) is 58.7. The first-order valence-corrected chi connectivity index (χ1v) is 21.7. The van der Waals surface area contributed by atoms with Crippen molar-refractivity contribution in [3.05, 3.63) is 109 Å². The molecule has 0 fully saturated rings. The molecule has 2 unspecified atom stereocenters. The van der Waals surface area contributed by atoms with Gasteiger partial charge in [0.1, 0.15) is 12.1 Å². The largest absolute Gasteiger partial charge is 0.480 e. The van der Waals surface area contributed by atoms with E-state index in [1.54, 1.807) is 0 Å². The molecule has 314 valence electrons. The van der Waals surface area contributed by atoms with Crippen molar-refractivity contribution in [3.8, 4) is 0 Å². The summed E-state index contributed by atoms with van der Waals surface area (Å²) in [5.41, 5.74) is 5.47. The lowest BCUT2D eigenvalue weighted by Crippen LogP contribution is -2.40. The molecule has 0 radical (unpaired) electrons. The van der Waals surface area contributed by atoms with E-state index in [1.807, 2.05) is 6.08 Å². The number of nitrogens with two attached hydrogens (primary N) is 1. The Labute approximate surface area is 341 Å². The summed E-state index contributed by atoms with van der Waals surface area (Å²) in [5, 5.41) is 11.9. The molecule has 0 saturated carbocycles. The van der Waals surface area contributed by atoms with Crippen LogP contribution in [0, 0.1) is 0 Å².